The van der Waals surface area contributed by atoms with Crippen molar-refractivity contribution in [3.05, 3.63) is 42.9 Å². The van der Waals surface area contributed by atoms with Gasteiger partial charge in [0, 0.05) is 13.6 Å². The predicted octanol–water partition coefficient (Wildman–Crippen LogP) is 1.57. The lowest BCUT2D eigenvalue weighted by Gasteiger charge is -1.95. The molecule has 1 aromatic carbocycles. The van der Waals surface area contributed by atoms with Gasteiger partial charge in [0.05, 0.1) is 0 Å². The molecule has 0 aliphatic heterocycles. The van der Waals surface area contributed by atoms with Gasteiger partial charge < -0.3 is 5.32 Å². The van der Waals surface area contributed by atoms with Gasteiger partial charge in [-0.15, -0.1) is 0 Å². The van der Waals surface area contributed by atoms with Crippen molar-refractivity contribution in [1.29, 1.82) is 0 Å². The number of rotatable bonds is 2. The van der Waals surface area contributed by atoms with Crippen molar-refractivity contribution in [3.63, 3.8) is 0 Å². The maximum Gasteiger partial charge on any atom is 0.0206 e. The zero-order valence-electron chi connectivity index (χ0n) is 5.30. The van der Waals surface area contributed by atoms with Crippen LogP contribution in [-0.4, -0.2) is 0 Å². The summed E-state index contributed by atoms with van der Waals surface area (Å²) in [5, 5.41) is 2.83. The van der Waals surface area contributed by atoms with Crippen molar-refractivity contribution in [2.45, 2.75) is 6.54 Å². The van der Waals surface area contributed by atoms with Crippen molar-refractivity contribution in [3.8, 4) is 0 Å². The van der Waals surface area contributed by atoms with Gasteiger partial charge in [0.15, 0.2) is 0 Å². The monoisotopic (exact) mass is 120 g/mol. The fourth-order valence-electron chi connectivity index (χ4n) is 0.740. The summed E-state index contributed by atoms with van der Waals surface area (Å²) in [5.74, 6) is 0. The Balaban J connectivity index is 2.61. The van der Waals surface area contributed by atoms with E-state index < -0.39 is 0 Å². The van der Waals surface area contributed by atoms with Gasteiger partial charge in [0.1, 0.15) is 0 Å². The second kappa shape index (κ2) is 3.25. The first-order valence-electron chi connectivity index (χ1n) is 2.97. The van der Waals surface area contributed by atoms with Crippen LogP contribution >= 0.6 is 0 Å². The van der Waals surface area contributed by atoms with Gasteiger partial charge in [0.2, 0.25) is 0 Å². The molecule has 0 aromatic heterocycles. The molecule has 1 heteroatoms. The molecule has 1 aromatic rings. The minimum absolute atomic E-state index is 0.848. The lowest BCUT2D eigenvalue weighted by atomic mass is 10.2. The highest BCUT2D eigenvalue weighted by molar-refractivity contribution is 5.14. The molecule has 1 radical (unpaired) electrons. The summed E-state index contributed by atoms with van der Waals surface area (Å²) in [4.78, 5) is 0. The number of nitrogens with one attached hydrogen (secondary N) is 1. The summed E-state index contributed by atoms with van der Waals surface area (Å²) in [5.41, 5.74) is 1.27. The summed E-state index contributed by atoms with van der Waals surface area (Å²) in [6.07, 6.45) is 0. The Morgan fingerprint density at radius 1 is 1.22 bits per heavy atom. The highest BCUT2D eigenvalue weighted by atomic mass is 14.8. The molecule has 0 unspecified atom stereocenters. The molecule has 0 saturated carbocycles. The Hall–Kier alpha value is -0.820. The fourth-order valence-corrected chi connectivity index (χ4v) is 0.740. The van der Waals surface area contributed by atoms with Crippen LogP contribution in [0.3, 0.4) is 0 Å². The lowest BCUT2D eigenvalue weighted by Crippen LogP contribution is -2.00. The van der Waals surface area contributed by atoms with Crippen LogP contribution in [0, 0.1) is 7.05 Å². The van der Waals surface area contributed by atoms with Gasteiger partial charge in [-0.3, -0.25) is 0 Å². The maximum atomic E-state index is 3.53. The molecule has 1 nitrogen and oxygen atoms in total. The van der Waals surface area contributed by atoms with Crippen molar-refractivity contribution >= 4 is 0 Å². The number of benzene rings is 1. The van der Waals surface area contributed by atoms with Gasteiger partial charge >= 0.3 is 0 Å². The molecule has 0 saturated heterocycles. The van der Waals surface area contributed by atoms with E-state index in [1.165, 1.54) is 5.56 Å². The van der Waals surface area contributed by atoms with Crippen molar-refractivity contribution in [2.24, 2.45) is 0 Å². The van der Waals surface area contributed by atoms with Crippen LogP contribution in [0.1, 0.15) is 5.56 Å². The molecule has 0 aliphatic rings. The van der Waals surface area contributed by atoms with E-state index in [2.05, 4.69) is 24.5 Å². The van der Waals surface area contributed by atoms with Crippen molar-refractivity contribution < 1.29 is 0 Å². The van der Waals surface area contributed by atoms with Crippen LogP contribution in [0.4, 0.5) is 0 Å². The van der Waals surface area contributed by atoms with Gasteiger partial charge in [-0.2, -0.15) is 0 Å². The molecule has 0 atom stereocenters. The van der Waals surface area contributed by atoms with E-state index in [0.717, 1.165) is 6.54 Å². The number of hydrogen-bond acceptors (Lipinski definition) is 1. The summed E-state index contributed by atoms with van der Waals surface area (Å²) in [7, 11) is 3.53. The number of hydrogen-bond donors (Lipinski definition) is 1. The van der Waals surface area contributed by atoms with Crippen molar-refractivity contribution in [2.75, 3.05) is 0 Å². The van der Waals surface area contributed by atoms with Crippen LogP contribution in [0.25, 0.3) is 0 Å². The fraction of sp³-hybridized carbons (Fsp3) is 0.125. The third-order valence-electron chi connectivity index (χ3n) is 1.17. The Labute approximate surface area is 55.7 Å². The van der Waals surface area contributed by atoms with Gasteiger partial charge in [-0.1, -0.05) is 30.3 Å². The van der Waals surface area contributed by atoms with E-state index in [4.69, 9.17) is 0 Å². The minimum Gasteiger partial charge on any atom is -0.311 e. The first-order chi connectivity index (χ1) is 4.43. The molecule has 0 bridgehead atoms. The SMILES string of the molecule is [CH2]NCc1ccccc1. The Bertz CT molecular complexity index is 157. The van der Waals surface area contributed by atoms with E-state index in [1.807, 2.05) is 18.2 Å². The topological polar surface area (TPSA) is 12.0 Å². The normalized spacial score (nSPS) is 9.44. The smallest absolute Gasteiger partial charge is 0.0206 e. The van der Waals surface area contributed by atoms with Crippen LogP contribution in [0.5, 0.6) is 0 Å². The summed E-state index contributed by atoms with van der Waals surface area (Å²) >= 11 is 0. The largest absolute Gasteiger partial charge is 0.311 e. The molecule has 0 spiro atoms. The highest BCUT2D eigenvalue weighted by Crippen LogP contribution is 1.95. The molecular weight excluding hydrogens is 110 g/mol. The van der Waals surface area contributed by atoms with E-state index >= 15 is 0 Å². The summed E-state index contributed by atoms with van der Waals surface area (Å²) in [6.45, 7) is 0.848. The van der Waals surface area contributed by atoms with Crippen molar-refractivity contribution in [1.82, 2.24) is 5.32 Å². The van der Waals surface area contributed by atoms with Gasteiger partial charge in [0.25, 0.3) is 0 Å². The van der Waals surface area contributed by atoms with Crippen LogP contribution in [0.15, 0.2) is 30.3 Å². The second-order valence-electron chi connectivity index (χ2n) is 1.91. The van der Waals surface area contributed by atoms with Crippen LogP contribution < -0.4 is 5.32 Å². The first kappa shape index (κ1) is 6.30. The summed E-state index contributed by atoms with van der Waals surface area (Å²) < 4.78 is 0. The molecule has 0 amide bonds. The van der Waals surface area contributed by atoms with Crippen LogP contribution in [0.2, 0.25) is 0 Å². The Kier molecular flexibility index (Phi) is 2.28. The molecular formula is C8H10N. The lowest BCUT2D eigenvalue weighted by molar-refractivity contribution is 0.866. The summed E-state index contributed by atoms with van der Waals surface area (Å²) in [6, 6.07) is 10.2. The van der Waals surface area contributed by atoms with Gasteiger partial charge in [-0.05, 0) is 5.56 Å². The molecule has 1 N–H and O–H groups in total. The van der Waals surface area contributed by atoms with Gasteiger partial charge in [-0.25, -0.2) is 0 Å². The maximum absolute atomic E-state index is 3.53. The minimum atomic E-state index is 0.848. The molecule has 9 heavy (non-hydrogen) atoms. The van der Waals surface area contributed by atoms with E-state index in [9.17, 15) is 0 Å². The van der Waals surface area contributed by atoms with E-state index in [1.54, 1.807) is 0 Å². The zero-order valence-corrected chi connectivity index (χ0v) is 5.30. The average Bonchev–Trinajstić information content (AvgIpc) is 1.91. The predicted molar refractivity (Wildman–Crippen MR) is 38.6 cm³/mol. The Morgan fingerprint density at radius 2 is 1.89 bits per heavy atom. The molecule has 0 heterocycles. The van der Waals surface area contributed by atoms with E-state index in [0.29, 0.717) is 0 Å². The molecule has 0 aliphatic carbocycles. The third-order valence-corrected chi connectivity index (χ3v) is 1.17. The third kappa shape index (κ3) is 1.86. The van der Waals surface area contributed by atoms with Crippen LogP contribution in [-0.2, 0) is 6.54 Å². The quantitative estimate of drug-likeness (QED) is 0.624. The standard InChI is InChI=1S/C8H10N/c1-9-7-8-5-3-2-4-6-8/h2-6,9H,1,7H2. The zero-order chi connectivity index (χ0) is 6.53. The average molecular weight is 120 g/mol. The Morgan fingerprint density at radius 3 is 2.44 bits per heavy atom. The molecule has 0 fully saturated rings. The first-order valence-corrected chi connectivity index (χ1v) is 2.97. The molecule has 1 rings (SSSR count). The second-order valence-corrected chi connectivity index (χ2v) is 1.91. The molecule has 47 valence electrons. The van der Waals surface area contributed by atoms with E-state index in [-0.39, 0.29) is 0 Å². The highest BCUT2D eigenvalue weighted by Gasteiger charge is 1.83.